The highest BCUT2D eigenvalue weighted by Gasteiger charge is 2.09. The number of hydrogen-bond acceptors (Lipinski definition) is 5. The normalized spacial score (nSPS) is 10.1. The van der Waals surface area contributed by atoms with Crippen LogP contribution in [0.1, 0.15) is 15.5 Å². The average Bonchev–Trinajstić information content (AvgIpc) is 2.93. The maximum Gasteiger partial charge on any atom is 0.355 e. The highest BCUT2D eigenvalue weighted by molar-refractivity contribution is 7.09. The van der Waals surface area contributed by atoms with Gasteiger partial charge in [0.15, 0.2) is 12.3 Å². The molecule has 0 unspecified atom stereocenters. The van der Waals surface area contributed by atoms with Crippen LogP contribution in [0.15, 0.2) is 29.6 Å². The number of halogens is 1. The number of carboxylic acid groups (broad SMARTS) is 1. The molecule has 2 aromatic rings. The Bertz CT molecular complexity index is 642. The van der Waals surface area contributed by atoms with E-state index in [1.54, 1.807) is 24.3 Å². The lowest BCUT2D eigenvalue weighted by Crippen LogP contribution is -2.28. The van der Waals surface area contributed by atoms with Crippen molar-refractivity contribution in [1.29, 1.82) is 0 Å². The van der Waals surface area contributed by atoms with Gasteiger partial charge in [-0.3, -0.25) is 4.79 Å². The molecule has 1 amide bonds. The van der Waals surface area contributed by atoms with Gasteiger partial charge in [0.05, 0.1) is 6.54 Å². The molecule has 21 heavy (non-hydrogen) atoms. The van der Waals surface area contributed by atoms with Gasteiger partial charge in [0.2, 0.25) is 0 Å². The molecular weight excluding hydrogens is 316 g/mol. The third-order valence-electron chi connectivity index (χ3n) is 2.39. The Hall–Kier alpha value is -2.12. The molecule has 0 atom stereocenters. The van der Waals surface area contributed by atoms with Gasteiger partial charge in [0.1, 0.15) is 10.8 Å². The molecule has 0 saturated carbocycles. The summed E-state index contributed by atoms with van der Waals surface area (Å²) in [4.78, 5) is 26.1. The minimum absolute atomic E-state index is 0.0262. The number of thiazole rings is 1. The van der Waals surface area contributed by atoms with E-state index in [-0.39, 0.29) is 24.8 Å². The zero-order chi connectivity index (χ0) is 15.2. The van der Waals surface area contributed by atoms with Gasteiger partial charge in [-0.2, -0.15) is 0 Å². The van der Waals surface area contributed by atoms with E-state index in [0.29, 0.717) is 15.8 Å². The molecule has 2 N–H and O–H groups in total. The zero-order valence-electron chi connectivity index (χ0n) is 10.7. The summed E-state index contributed by atoms with van der Waals surface area (Å²) in [5.41, 5.74) is -0.0262. The molecule has 1 heterocycles. The first-order valence-corrected chi connectivity index (χ1v) is 7.13. The lowest BCUT2D eigenvalue weighted by molar-refractivity contribution is -0.123. The van der Waals surface area contributed by atoms with Gasteiger partial charge < -0.3 is 15.2 Å². The van der Waals surface area contributed by atoms with Crippen molar-refractivity contribution in [3.8, 4) is 5.75 Å². The number of aromatic carboxylic acids is 1. The number of benzene rings is 1. The summed E-state index contributed by atoms with van der Waals surface area (Å²) >= 11 is 6.91. The van der Waals surface area contributed by atoms with Crippen LogP contribution in [0.2, 0.25) is 5.02 Å². The average molecular weight is 327 g/mol. The number of nitrogens with zero attached hydrogens (tertiary/aromatic N) is 1. The molecular formula is C13H11ClN2O4S. The number of rotatable bonds is 6. The van der Waals surface area contributed by atoms with Crippen molar-refractivity contribution in [2.45, 2.75) is 6.54 Å². The zero-order valence-corrected chi connectivity index (χ0v) is 12.3. The van der Waals surface area contributed by atoms with Crippen molar-refractivity contribution in [1.82, 2.24) is 10.3 Å². The van der Waals surface area contributed by atoms with Crippen molar-refractivity contribution in [2.75, 3.05) is 6.61 Å². The predicted octanol–water partition coefficient (Wildman–Crippen LogP) is 2.19. The van der Waals surface area contributed by atoms with Crippen LogP contribution < -0.4 is 10.1 Å². The number of carbonyl (C=O) groups excluding carboxylic acids is 1. The molecule has 8 heteroatoms. The highest BCUT2D eigenvalue weighted by atomic mass is 35.5. The van der Waals surface area contributed by atoms with Crippen molar-refractivity contribution in [3.05, 3.63) is 45.4 Å². The summed E-state index contributed by atoms with van der Waals surface area (Å²) < 4.78 is 5.27. The second-order valence-electron chi connectivity index (χ2n) is 3.95. The summed E-state index contributed by atoms with van der Waals surface area (Å²) in [6, 6.07) is 6.65. The minimum atomic E-state index is -1.09. The Labute approximate surface area is 129 Å². The summed E-state index contributed by atoms with van der Waals surface area (Å²) in [5, 5.41) is 13.9. The Morgan fingerprint density at radius 3 is 2.67 bits per heavy atom. The fourth-order valence-corrected chi connectivity index (χ4v) is 2.23. The van der Waals surface area contributed by atoms with Gasteiger partial charge in [-0.05, 0) is 24.3 Å². The Morgan fingerprint density at radius 2 is 2.05 bits per heavy atom. The largest absolute Gasteiger partial charge is 0.484 e. The number of carboxylic acids is 1. The van der Waals surface area contributed by atoms with E-state index < -0.39 is 5.97 Å². The highest BCUT2D eigenvalue weighted by Crippen LogP contribution is 2.15. The van der Waals surface area contributed by atoms with Gasteiger partial charge in [-0.25, -0.2) is 9.78 Å². The number of amides is 1. The lowest BCUT2D eigenvalue weighted by Gasteiger charge is -2.06. The molecule has 0 spiro atoms. The maximum atomic E-state index is 11.6. The molecule has 110 valence electrons. The standard InChI is InChI=1S/C13H11ClN2O4S/c14-8-1-3-9(4-2-8)20-6-11(17)15-5-12-16-10(7-21-12)13(18)19/h1-4,7H,5-6H2,(H,15,17)(H,18,19). The molecule has 1 aromatic carbocycles. The van der Waals surface area contributed by atoms with Crippen molar-refractivity contribution in [2.24, 2.45) is 0 Å². The summed E-state index contributed by atoms with van der Waals surface area (Å²) in [7, 11) is 0. The van der Waals surface area contributed by atoms with Gasteiger partial charge >= 0.3 is 5.97 Å². The Morgan fingerprint density at radius 1 is 1.33 bits per heavy atom. The van der Waals surface area contributed by atoms with E-state index in [9.17, 15) is 9.59 Å². The molecule has 6 nitrogen and oxygen atoms in total. The number of ether oxygens (including phenoxy) is 1. The first-order valence-electron chi connectivity index (χ1n) is 5.87. The molecule has 0 fully saturated rings. The minimum Gasteiger partial charge on any atom is -0.484 e. The molecule has 0 aliphatic carbocycles. The third-order valence-corrected chi connectivity index (χ3v) is 3.49. The molecule has 0 bridgehead atoms. The van der Waals surface area contributed by atoms with Crippen molar-refractivity contribution >= 4 is 34.8 Å². The van der Waals surface area contributed by atoms with Crippen LogP contribution in [0.4, 0.5) is 0 Å². The summed E-state index contributed by atoms with van der Waals surface area (Å²) in [5.74, 6) is -0.871. The number of aromatic nitrogens is 1. The monoisotopic (exact) mass is 326 g/mol. The summed E-state index contributed by atoms with van der Waals surface area (Å²) in [6.07, 6.45) is 0. The first kappa shape index (κ1) is 15.3. The molecule has 2 rings (SSSR count). The van der Waals surface area contributed by atoms with E-state index in [2.05, 4.69) is 10.3 Å². The summed E-state index contributed by atoms with van der Waals surface area (Å²) in [6.45, 7) is 0.0273. The smallest absolute Gasteiger partial charge is 0.355 e. The Kier molecular flexibility index (Phi) is 5.13. The molecule has 0 aliphatic heterocycles. The SMILES string of the molecule is O=C(COc1ccc(Cl)cc1)NCc1nc(C(=O)O)cs1. The Balaban J connectivity index is 1.76. The fraction of sp³-hybridized carbons (Fsp3) is 0.154. The second-order valence-corrected chi connectivity index (χ2v) is 5.33. The number of hydrogen-bond donors (Lipinski definition) is 2. The van der Waals surface area contributed by atoms with Crippen LogP contribution in [0, 0.1) is 0 Å². The van der Waals surface area contributed by atoms with Crippen LogP contribution in [0.5, 0.6) is 5.75 Å². The van der Waals surface area contributed by atoms with Crippen LogP contribution in [-0.4, -0.2) is 28.6 Å². The third kappa shape index (κ3) is 4.73. The number of carbonyl (C=O) groups is 2. The second kappa shape index (κ2) is 7.05. The topological polar surface area (TPSA) is 88.5 Å². The molecule has 0 aliphatic rings. The van der Waals surface area contributed by atoms with E-state index in [0.717, 1.165) is 0 Å². The van der Waals surface area contributed by atoms with Crippen molar-refractivity contribution < 1.29 is 19.4 Å². The van der Waals surface area contributed by atoms with Gasteiger partial charge in [0, 0.05) is 10.4 Å². The van der Waals surface area contributed by atoms with E-state index in [1.165, 1.54) is 16.7 Å². The van der Waals surface area contributed by atoms with Gasteiger partial charge in [0.25, 0.3) is 5.91 Å². The van der Waals surface area contributed by atoms with E-state index in [1.807, 2.05) is 0 Å². The van der Waals surface area contributed by atoms with Crippen LogP contribution in [0.3, 0.4) is 0 Å². The maximum absolute atomic E-state index is 11.6. The molecule has 0 radical (unpaired) electrons. The quantitative estimate of drug-likeness (QED) is 0.849. The fourth-order valence-electron chi connectivity index (χ4n) is 1.40. The van der Waals surface area contributed by atoms with Crippen LogP contribution in [-0.2, 0) is 11.3 Å². The van der Waals surface area contributed by atoms with Crippen LogP contribution in [0.25, 0.3) is 0 Å². The van der Waals surface area contributed by atoms with E-state index in [4.69, 9.17) is 21.4 Å². The van der Waals surface area contributed by atoms with Gasteiger partial charge in [-0.15, -0.1) is 11.3 Å². The van der Waals surface area contributed by atoms with Gasteiger partial charge in [-0.1, -0.05) is 11.6 Å². The van der Waals surface area contributed by atoms with Crippen molar-refractivity contribution in [3.63, 3.8) is 0 Å². The number of nitrogens with one attached hydrogen (secondary N) is 1. The lowest BCUT2D eigenvalue weighted by atomic mass is 10.3. The molecule has 0 saturated heterocycles. The van der Waals surface area contributed by atoms with E-state index >= 15 is 0 Å². The first-order chi connectivity index (χ1) is 10.0. The molecule has 1 aromatic heterocycles. The van der Waals surface area contributed by atoms with Crippen LogP contribution >= 0.6 is 22.9 Å². The predicted molar refractivity (Wildman–Crippen MR) is 77.9 cm³/mol.